The molecular formula is C17H24N2O2. The zero-order valence-electron chi connectivity index (χ0n) is 12.9. The van der Waals surface area contributed by atoms with E-state index in [0.717, 1.165) is 25.2 Å². The Morgan fingerprint density at radius 1 is 1.43 bits per heavy atom. The van der Waals surface area contributed by atoms with Gasteiger partial charge in [-0.25, -0.2) is 0 Å². The first kappa shape index (κ1) is 15.7. The molecule has 1 aliphatic heterocycles. The van der Waals surface area contributed by atoms with Gasteiger partial charge in [-0.2, -0.15) is 0 Å². The van der Waals surface area contributed by atoms with E-state index < -0.39 is 6.10 Å². The molecule has 0 aliphatic carbocycles. The molecule has 0 N–H and O–H groups in total. The first-order valence-corrected chi connectivity index (χ1v) is 7.44. The molecule has 1 aliphatic rings. The molecule has 4 heteroatoms. The van der Waals surface area contributed by atoms with Gasteiger partial charge in [0.05, 0.1) is 6.61 Å². The highest BCUT2D eigenvalue weighted by Crippen LogP contribution is 2.25. The minimum Gasteiger partial charge on any atom is -0.368 e. The Kier molecular flexibility index (Phi) is 5.53. The second kappa shape index (κ2) is 7.38. The van der Waals surface area contributed by atoms with Gasteiger partial charge in [-0.3, -0.25) is 4.79 Å². The second-order valence-corrected chi connectivity index (χ2v) is 5.45. The number of amides is 1. The molecule has 1 heterocycles. The highest BCUT2D eigenvalue weighted by molar-refractivity contribution is 5.97. The van der Waals surface area contributed by atoms with Crippen LogP contribution < -0.4 is 4.90 Å². The average molecular weight is 288 g/mol. The number of para-hydroxylation sites is 1. The van der Waals surface area contributed by atoms with Crippen LogP contribution in [0.3, 0.4) is 0 Å². The minimum atomic E-state index is -0.429. The summed E-state index contributed by atoms with van der Waals surface area (Å²) in [5, 5.41) is 0. The maximum atomic E-state index is 12.7. The molecule has 2 rings (SSSR count). The lowest BCUT2D eigenvalue weighted by atomic mass is 10.1. The summed E-state index contributed by atoms with van der Waals surface area (Å²) in [6, 6.07) is 8.10. The monoisotopic (exact) mass is 288 g/mol. The Bertz CT molecular complexity index is 501. The largest absolute Gasteiger partial charge is 0.368 e. The first-order valence-electron chi connectivity index (χ1n) is 7.44. The van der Waals surface area contributed by atoms with Crippen molar-refractivity contribution in [2.24, 2.45) is 0 Å². The summed E-state index contributed by atoms with van der Waals surface area (Å²) >= 11 is 0. The molecule has 1 aromatic rings. The number of hydrogen-bond acceptors (Lipinski definition) is 3. The second-order valence-electron chi connectivity index (χ2n) is 5.45. The number of ether oxygens (including phenoxy) is 1. The number of fused-ring (bicyclic) bond motifs is 1. The van der Waals surface area contributed by atoms with Crippen molar-refractivity contribution in [1.82, 2.24) is 4.90 Å². The standard InChI is InChI=1S/C17H24N2O2/c1-4-5-12-21-14(2)17(20)19-11-10-18(3)13-15-8-6-7-9-16(15)19/h4,6-9,14H,1,5,10-13H2,2-3H3. The number of hydrogen-bond donors (Lipinski definition) is 0. The summed E-state index contributed by atoms with van der Waals surface area (Å²) in [5.74, 6) is 0.0295. The van der Waals surface area contributed by atoms with Crippen molar-refractivity contribution in [3.05, 3.63) is 42.5 Å². The molecular weight excluding hydrogens is 264 g/mol. The summed E-state index contributed by atoms with van der Waals surface area (Å²) in [4.78, 5) is 16.8. The number of nitrogens with zero attached hydrogens (tertiary/aromatic N) is 2. The van der Waals surface area contributed by atoms with Crippen LogP contribution in [0.1, 0.15) is 18.9 Å². The van der Waals surface area contributed by atoms with Crippen LogP contribution in [0.2, 0.25) is 0 Å². The topological polar surface area (TPSA) is 32.8 Å². The Labute approximate surface area is 127 Å². The molecule has 0 bridgehead atoms. The van der Waals surface area contributed by atoms with Gasteiger partial charge in [-0.1, -0.05) is 24.3 Å². The molecule has 1 unspecified atom stereocenters. The molecule has 1 atom stereocenters. The van der Waals surface area contributed by atoms with Crippen molar-refractivity contribution in [1.29, 1.82) is 0 Å². The summed E-state index contributed by atoms with van der Waals surface area (Å²) in [6.45, 7) is 8.44. The highest BCUT2D eigenvalue weighted by atomic mass is 16.5. The molecule has 21 heavy (non-hydrogen) atoms. The third-order valence-corrected chi connectivity index (χ3v) is 3.73. The van der Waals surface area contributed by atoms with E-state index in [1.807, 2.05) is 30.0 Å². The minimum absolute atomic E-state index is 0.0295. The van der Waals surface area contributed by atoms with Crippen LogP contribution in [0.4, 0.5) is 5.69 Å². The van der Waals surface area contributed by atoms with Crippen LogP contribution in [0.25, 0.3) is 0 Å². The summed E-state index contributed by atoms with van der Waals surface area (Å²) in [6.07, 6.45) is 2.13. The SMILES string of the molecule is C=CCCOC(C)C(=O)N1CCN(C)Cc2ccccc21. The van der Waals surface area contributed by atoms with E-state index in [-0.39, 0.29) is 5.91 Å². The summed E-state index contributed by atoms with van der Waals surface area (Å²) < 4.78 is 5.60. The smallest absolute Gasteiger partial charge is 0.255 e. The zero-order chi connectivity index (χ0) is 15.2. The lowest BCUT2D eigenvalue weighted by Crippen LogP contribution is -2.41. The van der Waals surface area contributed by atoms with Crippen molar-refractivity contribution in [2.45, 2.75) is 26.0 Å². The maximum Gasteiger partial charge on any atom is 0.255 e. The van der Waals surface area contributed by atoms with E-state index in [1.165, 1.54) is 5.56 Å². The van der Waals surface area contributed by atoms with Crippen LogP contribution in [-0.2, 0) is 16.1 Å². The molecule has 1 amide bonds. The fourth-order valence-electron chi connectivity index (χ4n) is 2.52. The van der Waals surface area contributed by atoms with E-state index in [2.05, 4.69) is 24.6 Å². The molecule has 0 spiro atoms. The van der Waals surface area contributed by atoms with Gasteiger partial charge in [-0.05, 0) is 32.0 Å². The van der Waals surface area contributed by atoms with Gasteiger partial charge in [0.2, 0.25) is 0 Å². The molecule has 0 fully saturated rings. The van der Waals surface area contributed by atoms with Crippen molar-refractivity contribution in [3.8, 4) is 0 Å². The van der Waals surface area contributed by atoms with Crippen LogP contribution in [0, 0.1) is 0 Å². The molecule has 114 valence electrons. The number of carbonyl (C=O) groups excluding carboxylic acids is 1. The van der Waals surface area contributed by atoms with Crippen molar-refractivity contribution in [3.63, 3.8) is 0 Å². The number of anilines is 1. The van der Waals surface area contributed by atoms with Crippen molar-refractivity contribution >= 4 is 11.6 Å². The van der Waals surface area contributed by atoms with Crippen LogP contribution >= 0.6 is 0 Å². The molecule has 1 aromatic carbocycles. The predicted molar refractivity (Wildman–Crippen MR) is 85.4 cm³/mol. The van der Waals surface area contributed by atoms with Gasteiger partial charge < -0.3 is 14.5 Å². The third-order valence-electron chi connectivity index (χ3n) is 3.73. The Morgan fingerprint density at radius 2 is 2.19 bits per heavy atom. The van der Waals surface area contributed by atoms with Crippen LogP contribution in [-0.4, -0.2) is 43.7 Å². The number of carbonyl (C=O) groups is 1. The lowest BCUT2D eigenvalue weighted by molar-refractivity contribution is -0.128. The average Bonchev–Trinajstić information content (AvgIpc) is 2.65. The van der Waals surface area contributed by atoms with E-state index in [1.54, 1.807) is 6.08 Å². The predicted octanol–water partition coefficient (Wildman–Crippen LogP) is 2.45. The number of likely N-dealkylation sites (N-methyl/N-ethyl adjacent to an activating group) is 1. The molecule has 0 aromatic heterocycles. The molecule has 4 nitrogen and oxygen atoms in total. The van der Waals surface area contributed by atoms with E-state index in [9.17, 15) is 4.79 Å². The normalized spacial score (nSPS) is 17.0. The van der Waals surface area contributed by atoms with Crippen molar-refractivity contribution < 1.29 is 9.53 Å². The maximum absolute atomic E-state index is 12.7. The van der Waals surface area contributed by atoms with Gasteiger partial charge in [0.25, 0.3) is 5.91 Å². The Hall–Kier alpha value is -1.65. The van der Waals surface area contributed by atoms with E-state index in [4.69, 9.17) is 4.74 Å². The quantitative estimate of drug-likeness (QED) is 0.616. The van der Waals surface area contributed by atoms with Gasteiger partial charge in [-0.15, -0.1) is 6.58 Å². The molecule has 0 saturated carbocycles. The summed E-state index contributed by atoms with van der Waals surface area (Å²) in [7, 11) is 2.08. The van der Waals surface area contributed by atoms with Crippen molar-refractivity contribution in [2.75, 3.05) is 31.6 Å². The molecule has 0 saturated heterocycles. The van der Waals surface area contributed by atoms with Gasteiger partial charge >= 0.3 is 0 Å². The van der Waals surface area contributed by atoms with Crippen LogP contribution in [0.5, 0.6) is 0 Å². The highest BCUT2D eigenvalue weighted by Gasteiger charge is 2.26. The van der Waals surface area contributed by atoms with Gasteiger partial charge in [0.15, 0.2) is 0 Å². The van der Waals surface area contributed by atoms with Gasteiger partial charge in [0.1, 0.15) is 6.10 Å². The summed E-state index contributed by atoms with van der Waals surface area (Å²) in [5.41, 5.74) is 2.19. The van der Waals surface area contributed by atoms with Crippen LogP contribution in [0.15, 0.2) is 36.9 Å². The first-order chi connectivity index (χ1) is 10.1. The van der Waals surface area contributed by atoms with E-state index >= 15 is 0 Å². The molecule has 0 radical (unpaired) electrons. The Balaban J connectivity index is 2.14. The third kappa shape index (κ3) is 3.93. The fourth-order valence-corrected chi connectivity index (χ4v) is 2.52. The lowest BCUT2D eigenvalue weighted by Gasteiger charge is -2.25. The van der Waals surface area contributed by atoms with E-state index in [0.29, 0.717) is 13.2 Å². The Morgan fingerprint density at radius 3 is 2.95 bits per heavy atom. The van der Waals surface area contributed by atoms with Gasteiger partial charge in [0, 0.05) is 25.3 Å². The number of rotatable bonds is 5. The fraction of sp³-hybridized carbons (Fsp3) is 0.471. The zero-order valence-corrected chi connectivity index (χ0v) is 12.9. The number of benzene rings is 1.